The summed E-state index contributed by atoms with van der Waals surface area (Å²) in [5.74, 6) is -1.60. The number of carbonyl (C=O) groups excluding carboxylic acids is 1. The molecule has 0 aliphatic carbocycles. The van der Waals surface area contributed by atoms with Gasteiger partial charge in [-0.3, -0.25) is 9.69 Å². The van der Waals surface area contributed by atoms with E-state index in [1.165, 1.54) is 28.0 Å². The summed E-state index contributed by atoms with van der Waals surface area (Å²) in [6.45, 7) is 3.46. The van der Waals surface area contributed by atoms with Gasteiger partial charge in [-0.1, -0.05) is 49.0 Å². The molecule has 2 aliphatic rings. The van der Waals surface area contributed by atoms with Crippen LogP contribution in [0.3, 0.4) is 0 Å². The normalized spacial score (nSPS) is 27.0. The van der Waals surface area contributed by atoms with Crippen molar-refractivity contribution < 1.29 is 19.8 Å². The summed E-state index contributed by atoms with van der Waals surface area (Å²) in [6.07, 6.45) is -0.917. The predicted octanol–water partition coefficient (Wildman–Crippen LogP) is 3.36. The number of amides is 1. The Labute approximate surface area is 182 Å². The number of nitrogens with zero attached hydrogens (tertiary/aromatic N) is 2. The monoisotopic (exact) mass is 448 g/mol. The van der Waals surface area contributed by atoms with Crippen molar-refractivity contribution in [2.75, 3.05) is 5.75 Å². The molecular weight excluding hydrogens is 428 g/mol. The molecule has 29 heavy (non-hydrogen) atoms. The van der Waals surface area contributed by atoms with Crippen LogP contribution in [0.25, 0.3) is 11.3 Å². The van der Waals surface area contributed by atoms with Crippen LogP contribution in [0.2, 0.25) is 0 Å². The number of hydrogen-bond acceptors (Lipinski definition) is 7. The second kappa shape index (κ2) is 7.46. The lowest BCUT2D eigenvalue weighted by Crippen LogP contribution is -2.73. The molecule has 0 spiro atoms. The van der Waals surface area contributed by atoms with Gasteiger partial charge in [0.05, 0.1) is 17.8 Å². The summed E-state index contributed by atoms with van der Waals surface area (Å²) in [4.78, 5) is 31.5. The number of β-lactam (4-membered cyclic amide) rings is 1. The molecule has 3 heterocycles. The Kier molecular flexibility index (Phi) is 5.27. The van der Waals surface area contributed by atoms with Crippen molar-refractivity contribution in [3.05, 3.63) is 46.3 Å². The van der Waals surface area contributed by atoms with Gasteiger partial charge in [0.2, 0.25) is 5.91 Å². The summed E-state index contributed by atoms with van der Waals surface area (Å²) < 4.78 is 0.716. The van der Waals surface area contributed by atoms with Gasteiger partial charge in [-0.05, 0) is 6.92 Å². The number of carboxylic acid groups (broad SMARTS) is 1. The number of aliphatic carboxylic acids is 1. The minimum atomic E-state index is -1.15. The van der Waals surface area contributed by atoms with E-state index in [1.807, 2.05) is 42.6 Å². The maximum atomic E-state index is 12.9. The van der Waals surface area contributed by atoms with E-state index in [9.17, 15) is 19.8 Å². The topological polar surface area (TPSA) is 90.7 Å². The van der Waals surface area contributed by atoms with E-state index in [2.05, 4.69) is 17.6 Å². The number of thiol groups is 1. The first-order valence-electron chi connectivity index (χ1n) is 9.11. The lowest BCUT2D eigenvalue weighted by atomic mass is 9.65. The molecule has 1 aromatic heterocycles. The van der Waals surface area contributed by atoms with Crippen LogP contribution in [0, 0.1) is 11.3 Å². The number of benzene rings is 1. The zero-order chi connectivity index (χ0) is 20.9. The quantitative estimate of drug-likeness (QED) is 0.464. The fourth-order valence-corrected chi connectivity index (χ4v) is 6.91. The molecule has 2 aliphatic heterocycles. The van der Waals surface area contributed by atoms with E-state index in [0.717, 1.165) is 11.3 Å². The van der Waals surface area contributed by atoms with Gasteiger partial charge in [0, 0.05) is 27.5 Å². The zero-order valence-electron chi connectivity index (χ0n) is 15.8. The molecular formula is C20H20N2O4S3. The minimum absolute atomic E-state index is 0.00739. The number of aliphatic hydroxyl groups excluding tert-OH is 1. The number of carboxylic acids is 1. The molecule has 1 unspecified atom stereocenters. The Morgan fingerprint density at radius 1 is 1.41 bits per heavy atom. The standard InChI is InChI=1S/C20H20N2O4S3/c1-10-15(29-19-21-13(8-28-19)12-6-4-3-5-7-12)14(17(24)25)22-16(10)20(9-27,11(2)23)18(22)26/h3-8,10-11,16,23,27H,9H2,1-2H3,(H,24,25)/t10-,11+,16?,20+/m0/s1. The van der Waals surface area contributed by atoms with E-state index in [0.29, 0.717) is 9.24 Å². The SMILES string of the molecule is C[C@H]1C(Sc2nc(-c3ccccc3)cs2)=C(C(=O)O)N2C(=O)[C@](CS)([C@@H](C)O)C12. The summed E-state index contributed by atoms with van der Waals surface area (Å²) >= 11 is 7.05. The number of rotatable bonds is 6. The summed E-state index contributed by atoms with van der Waals surface area (Å²) in [5, 5.41) is 22.1. The van der Waals surface area contributed by atoms with Crippen molar-refractivity contribution in [1.82, 2.24) is 9.88 Å². The molecule has 1 aromatic carbocycles. The predicted molar refractivity (Wildman–Crippen MR) is 116 cm³/mol. The molecule has 2 N–H and O–H groups in total. The molecule has 0 radical (unpaired) electrons. The highest BCUT2D eigenvalue weighted by Gasteiger charge is 2.69. The van der Waals surface area contributed by atoms with Gasteiger partial charge in [-0.2, -0.15) is 12.6 Å². The van der Waals surface area contributed by atoms with Crippen molar-refractivity contribution in [3.8, 4) is 11.3 Å². The number of carbonyl (C=O) groups is 2. The summed E-state index contributed by atoms with van der Waals surface area (Å²) in [5.41, 5.74) is 0.745. The highest BCUT2D eigenvalue weighted by Crippen LogP contribution is 2.58. The number of fused-ring (bicyclic) bond motifs is 1. The van der Waals surface area contributed by atoms with E-state index in [-0.39, 0.29) is 23.3 Å². The molecule has 1 fully saturated rings. The van der Waals surface area contributed by atoms with Crippen molar-refractivity contribution in [2.45, 2.75) is 30.3 Å². The maximum Gasteiger partial charge on any atom is 0.353 e. The lowest BCUT2D eigenvalue weighted by Gasteiger charge is -2.55. The van der Waals surface area contributed by atoms with Crippen LogP contribution in [-0.2, 0) is 9.59 Å². The second-order valence-corrected chi connectivity index (χ2v) is 9.73. The van der Waals surface area contributed by atoms with Crippen LogP contribution in [-0.4, -0.2) is 49.9 Å². The first-order valence-corrected chi connectivity index (χ1v) is 11.4. The Hall–Kier alpha value is -1.81. The first kappa shape index (κ1) is 20.5. The van der Waals surface area contributed by atoms with E-state index >= 15 is 0 Å². The number of thiazole rings is 1. The van der Waals surface area contributed by atoms with Crippen LogP contribution in [0.15, 0.2) is 50.7 Å². The van der Waals surface area contributed by atoms with Gasteiger partial charge in [0.1, 0.15) is 11.1 Å². The Bertz CT molecular complexity index is 1000. The fraction of sp³-hybridized carbons (Fsp3) is 0.350. The third kappa shape index (κ3) is 2.94. The molecule has 9 heteroatoms. The van der Waals surface area contributed by atoms with Crippen molar-refractivity contribution in [2.24, 2.45) is 11.3 Å². The number of aliphatic hydroxyl groups is 1. The minimum Gasteiger partial charge on any atom is -0.477 e. The Balaban J connectivity index is 1.68. The van der Waals surface area contributed by atoms with Crippen molar-refractivity contribution >= 4 is 47.6 Å². The molecule has 1 saturated heterocycles. The smallest absolute Gasteiger partial charge is 0.353 e. The highest BCUT2D eigenvalue weighted by atomic mass is 32.2. The van der Waals surface area contributed by atoms with Crippen LogP contribution in [0.5, 0.6) is 0 Å². The molecule has 1 amide bonds. The van der Waals surface area contributed by atoms with Crippen molar-refractivity contribution in [3.63, 3.8) is 0 Å². The number of thioether (sulfide) groups is 1. The Morgan fingerprint density at radius 2 is 2.10 bits per heavy atom. The second-order valence-electron chi connectivity index (χ2n) is 7.27. The van der Waals surface area contributed by atoms with Gasteiger partial charge in [-0.15, -0.1) is 11.3 Å². The van der Waals surface area contributed by atoms with Gasteiger partial charge in [-0.25, -0.2) is 9.78 Å². The first-order chi connectivity index (χ1) is 13.8. The van der Waals surface area contributed by atoms with Crippen LogP contribution >= 0.6 is 35.7 Å². The van der Waals surface area contributed by atoms with E-state index in [4.69, 9.17) is 0 Å². The average molecular weight is 449 g/mol. The average Bonchev–Trinajstić information content (AvgIpc) is 3.26. The van der Waals surface area contributed by atoms with Gasteiger partial charge >= 0.3 is 5.97 Å². The van der Waals surface area contributed by atoms with Crippen LogP contribution in [0.4, 0.5) is 0 Å². The Morgan fingerprint density at radius 3 is 2.69 bits per heavy atom. The van der Waals surface area contributed by atoms with Gasteiger partial charge < -0.3 is 10.2 Å². The van der Waals surface area contributed by atoms with Gasteiger partial charge in [0.25, 0.3) is 0 Å². The molecule has 2 aromatic rings. The molecule has 4 rings (SSSR count). The lowest BCUT2D eigenvalue weighted by molar-refractivity contribution is -0.179. The van der Waals surface area contributed by atoms with E-state index < -0.39 is 23.5 Å². The molecule has 6 nitrogen and oxygen atoms in total. The third-order valence-corrected chi connectivity index (χ3v) is 8.49. The number of hydrogen-bond donors (Lipinski definition) is 3. The fourth-order valence-electron chi connectivity index (χ4n) is 4.24. The summed E-state index contributed by atoms with van der Waals surface area (Å²) in [6, 6.07) is 9.34. The number of aromatic nitrogens is 1. The van der Waals surface area contributed by atoms with E-state index in [1.54, 1.807) is 6.92 Å². The van der Waals surface area contributed by atoms with Gasteiger partial charge in [0.15, 0.2) is 4.34 Å². The zero-order valence-corrected chi connectivity index (χ0v) is 18.3. The van der Waals surface area contributed by atoms with Crippen LogP contribution in [0.1, 0.15) is 13.8 Å². The highest BCUT2D eigenvalue weighted by molar-refractivity contribution is 8.04. The maximum absolute atomic E-state index is 12.9. The third-order valence-electron chi connectivity index (χ3n) is 5.74. The molecule has 0 saturated carbocycles. The molecule has 4 atom stereocenters. The molecule has 152 valence electrons. The van der Waals surface area contributed by atoms with Crippen LogP contribution < -0.4 is 0 Å². The van der Waals surface area contributed by atoms with Crippen molar-refractivity contribution in [1.29, 1.82) is 0 Å². The molecule has 0 bridgehead atoms. The largest absolute Gasteiger partial charge is 0.477 e. The summed E-state index contributed by atoms with van der Waals surface area (Å²) in [7, 11) is 0.